The average Bonchev–Trinajstić information content (AvgIpc) is 2.96. The van der Waals surface area contributed by atoms with Gasteiger partial charge in [-0.15, -0.1) is 0 Å². The SMILES string of the molecule is C=CCOc1ccccc1CN1CC[C@@]2(CCCN(C(C)=O)C2)C1. The van der Waals surface area contributed by atoms with Crippen molar-refractivity contribution in [3.8, 4) is 5.75 Å². The van der Waals surface area contributed by atoms with Gasteiger partial charge in [0.05, 0.1) is 0 Å². The number of nitrogens with zero attached hydrogens (tertiary/aromatic N) is 2. The van der Waals surface area contributed by atoms with E-state index < -0.39 is 0 Å². The molecule has 4 nitrogen and oxygen atoms in total. The normalized spacial score (nSPS) is 24.3. The predicted molar refractivity (Wildman–Crippen MR) is 95.9 cm³/mol. The van der Waals surface area contributed by atoms with Gasteiger partial charge >= 0.3 is 0 Å². The van der Waals surface area contributed by atoms with Gasteiger partial charge in [0.15, 0.2) is 0 Å². The Morgan fingerprint density at radius 2 is 2.12 bits per heavy atom. The minimum Gasteiger partial charge on any atom is -0.489 e. The molecule has 0 aromatic heterocycles. The van der Waals surface area contributed by atoms with Crippen molar-refractivity contribution in [1.82, 2.24) is 9.80 Å². The van der Waals surface area contributed by atoms with Crippen LogP contribution < -0.4 is 4.74 Å². The summed E-state index contributed by atoms with van der Waals surface area (Å²) in [7, 11) is 0. The molecule has 0 unspecified atom stereocenters. The highest BCUT2D eigenvalue weighted by atomic mass is 16.5. The van der Waals surface area contributed by atoms with E-state index >= 15 is 0 Å². The first-order valence-electron chi connectivity index (χ1n) is 8.91. The topological polar surface area (TPSA) is 32.8 Å². The Labute approximate surface area is 145 Å². The monoisotopic (exact) mass is 328 g/mol. The highest BCUT2D eigenvalue weighted by Crippen LogP contribution is 2.39. The van der Waals surface area contributed by atoms with Crippen molar-refractivity contribution < 1.29 is 9.53 Å². The summed E-state index contributed by atoms with van der Waals surface area (Å²) in [5.41, 5.74) is 1.52. The minimum atomic E-state index is 0.218. The van der Waals surface area contributed by atoms with Crippen LogP contribution in [0.25, 0.3) is 0 Å². The molecule has 2 saturated heterocycles. The van der Waals surface area contributed by atoms with Gasteiger partial charge in [0.2, 0.25) is 5.91 Å². The number of piperidine rings is 1. The van der Waals surface area contributed by atoms with Gasteiger partial charge in [0, 0.05) is 44.1 Å². The third-order valence-electron chi connectivity index (χ3n) is 5.35. The summed E-state index contributed by atoms with van der Waals surface area (Å²) in [6.45, 7) is 10.9. The lowest BCUT2D eigenvalue weighted by atomic mass is 9.79. The molecule has 1 atom stereocenters. The van der Waals surface area contributed by atoms with Crippen molar-refractivity contribution in [2.24, 2.45) is 5.41 Å². The second-order valence-corrected chi connectivity index (χ2v) is 7.21. The number of carbonyl (C=O) groups is 1. The van der Waals surface area contributed by atoms with Crippen molar-refractivity contribution in [1.29, 1.82) is 0 Å². The minimum absolute atomic E-state index is 0.218. The fourth-order valence-corrected chi connectivity index (χ4v) is 4.14. The van der Waals surface area contributed by atoms with Gasteiger partial charge in [-0.05, 0) is 31.9 Å². The number of hydrogen-bond acceptors (Lipinski definition) is 3. The maximum Gasteiger partial charge on any atom is 0.219 e. The molecule has 2 heterocycles. The van der Waals surface area contributed by atoms with Crippen molar-refractivity contribution in [2.75, 3.05) is 32.8 Å². The van der Waals surface area contributed by atoms with Crippen LogP contribution in [0.15, 0.2) is 36.9 Å². The maximum absolute atomic E-state index is 11.7. The molecule has 24 heavy (non-hydrogen) atoms. The molecule has 0 saturated carbocycles. The van der Waals surface area contributed by atoms with E-state index in [1.807, 2.05) is 17.0 Å². The van der Waals surface area contributed by atoms with Gasteiger partial charge in [-0.2, -0.15) is 0 Å². The molecule has 1 aromatic rings. The van der Waals surface area contributed by atoms with E-state index in [0.29, 0.717) is 12.0 Å². The van der Waals surface area contributed by atoms with Crippen LogP contribution in [0.5, 0.6) is 5.75 Å². The molecule has 0 radical (unpaired) electrons. The highest BCUT2D eigenvalue weighted by molar-refractivity contribution is 5.73. The first-order valence-corrected chi connectivity index (χ1v) is 8.91. The van der Waals surface area contributed by atoms with Crippen LogP contribution in [-0.2, 0) is 11.3 Å². The Hall–Kier alpha value is -1.81. The molecule has 1 amide bonds. The van der Waals surface area contributed by atoms with Crippen molar-refractivity contribution >= 4 is 5.91 Å². The van der Waals surface area contributed by atoms with Gasteiger partial charge in [0.1, 0.15) is 12.4 Å². The number of benzene rings is 1. The molecule has 0 N–H and O–H groups in total. The molecule has 3 rings (SSSR count). The molecule has 1 spiro atoms. The van der Waals surface area contributed by atoms with Gasteiger partial charge in [0.25, 0.3) is 0 Å². The number of ether oxygens (including phenoxy) is 1. The lowest BCUT2D eigenvalue weighted by Crippen LogP contribution is -2.46. The standard InChI is InChI=1S/C20H28N2O2/c1-3-13-24-19-8-5-4-7-18(19)14-21-12-10-20(15-21)9-6-11-22(16-20)17(2)23/h3-5,7-8H,1,6,9-16H2,2H3/t20-/m0/s1. The van der Waals surface area contributed by atoms with Crippen LogP contribution in [0.4, 0.5) is 0 Å². The summed E-state index contributed by atoms with van der Waals surface area (Å²) >= 11 is 0. The number of para-hydroxylation sites is 1. The number of hydrogen-bond donors (Lipinski definition) is 0. The molecule has 0 bridgehead atoms. The Balaban J connectivity index is 1.64. The largest absolute Gasteiger partial charge is 0.489 e. The first-order chi connectivity index (χ1) is 11.6. The fourth-order valence-electron chi connectivity index (χ4n) is 4.14. The number of rotatable bonds is 5. The zero-order valence-electron chi connectivity index (χ0n) is 14.7. The zero-order chi connectivity index (χ0) is 17.0. The summed E-state index contributed by atoms with van der Waals surface area (Å²) < 4.78 is 5.78. The number of likely N-dealkylation sites (tertiary alicyclic amines) is 2. The van der Waals surface area contributed by atoms with Crippen LogP contribution in [0.2, 0.25) is 0 Å². The molecule has 2 fully saturated rings. The van der Waals surface area contributed by atoms with E-state index in [-0.39, 0.29) is 5.91 Å². The number of amides is 1. The van der Waals surface area contributed by atoms with Gasteiger partial charge in [-0.25, -0.2) is 0 Å². The lowest BCUT2D eigenvalue weighted by molar-refractivity contribution is -0.132. The molecule has 4 heteroatoms. The van der Waals surface area contributed by atoms with Crippen LogP contribution in [0.1, 0.15) is 31.7 Å². The smallest absolute Gasteiger partial charge is 0.219 e. The van der Waals surface area contributed by atoms with Crippen LogP contribution >= 0.6 is 0 Å². The number of carbonyl (C=O) groups excluding carboxylic acids is 1. The van der Waals surface area contributed by atoms with E-state index in [4.69, 9.17) is 4.74 Å². The highest BCUT2D eigenvalue weighted by Gasteiger charge is 2.41. The molecular weight excluding hydrogens is 300 g/mol. The third kappa shape index (κ3) is 3.81. The second kappa shape index (κ2) is 7.39. The Morgan fingerprint density at radius 3 is 2.92 bits per heavy atom. The quantitative estimate of drug-likeness (QED) is 0.779. The van der Waals surface area contributed by atoms with Gasteiger partial charge < -0.3 is 9.64 Å². The van der Waals surface area contributed by atoms with Crippen LogP contribution in [0.3, 0.4) is 0 Å². The van der Waals surface area contributed by atoms with Crippen molar-refractivity contribution in [3.63, 3.8) is 0 Å². The van der Waals surface area contributed by atoms with Crippen LogP contribution in [0, 0.1) is 5.41 Å². The summed E-state index contributed by atoms with van der Waals surface area (Å²) in [5.74, 6) is 1.17. The lowest BCUT2D eigenvalue weighted by Gasteiger charge is -2.40. The maximum atomic E-state index is 11.7. The summed E-state index contributed by atoms with van der Waals surface area (Å²) in [5, 5.41) is 0. The van der Waals surface area contributed by atoms with Crippen molar-refractivity contribution in [2.45, 2.75) is 32.7 Å². The molecule has 1 aromatic carbocycles. The second-order valence-electron chi connectivity index (χ2n) is 7.21. The van der Waals surface area contributed by atoms with E-state index in [2.05, 4.69) is 23.6 Å². The van der Waals surface area contributed by atoms with Gasteiger partial charge in [-0.3, -0.25) is 9.69 Å². The first kappa shape index (κ1) is 17.0. The average molecular weight is 328 g/mol. The fraction of sp³-hybridized carbons (Fsp3) is 0.550. The summed E-state index contributed by atoms with van der Waals surface area (Å²) in [6.07, 6.45) is 5.33. The molecule has 2 aliphatic rings. The van der Waals surface area contributed by atoms with E-state index in [1.54, 1.807) is 13.0 Å². The third-order valence-corrected chi connectivity index (χ3v) is 5.35. The van der Waals surface area contributed by atoms with Crippen molar-refractivity contribution in [3.05, 3.63) is 42.5 Å². The Kier molecular flexibility index (Phi) is 5.24. The zero-order valence-corrected chi connectivity index (χ0v) is 14.7. The van der Waals surface area contributed by atoms with Gasteiger partial charge in [-0.1, -0.05) is 30.9 Å². The van der Waals surface area contributed by atoms with E-state index in [1.165, 1.54) is 18.4 Å². The summed E-state index contributed by atoms with van der Waals surface area (Å²) in [6, 6.07) is 8.26. The molecule has 130 valence electrons. The molecule has 0 aliphatic carbocycles. The Bertz CT molecular complexity index is 601. The predicted octanol–water partition coefficient (Wildman–Crippen LogP) is 3.09. The van der Waals surface area contributed by atoms with E-state index in [9.17, 15) is 4.79 Å². The molecule has 2 aliphatic heterocycles. The summed E-state index contributed by atoms with van der Waals surface area (Å²) in [4.78, 5) is 16.3. The molecular formula is C20H28N2O2. The van der Waals surface area contributed by atoms with E-state index in [0.717, 1.165) is 44.9 Å². The van der Waals surface area contributed by atoms with Crippen LogP contribution in [-0.4, -0.2) is 48.5 Å². The Morgan fingerprint density at radius 1 is 1.29 bits per heavy atom.